The van der Waals surface area contributed by atoms with Crippen LogP contribution in [0.1, 0.15) is 6.92 Å². The van der Waals surface area contributed by atoms with E-state index in [-0.39, 0.29) is 17.5 Å². The average Bonchev–Trinajstić information content (AvgIpc) is 2.93. The molecule has 112 valence electrons. The van der Waals surface area contributed by atoms with E-state index in [9.17, 15) is 14.5 Å². The van der Waals surface area contributed by atoms with Gasteiger partial charge in [-0.25, -0.2) is 9.37 Å². The number of benzene rings is 1. The van der Waals surface area contributed by atoms with Crippen LogP contribution in [0.4, 0.5) is 15.8 Å². The molecular formula is C13H15FN4O3. The average molecular weight is 294 g/mol. The number of aromatic nitrogens is 2. The maximum Gasteiger partial charge on any atom is 0.313 e. The van der Waals surface area contributed by atoms with E-state index in [0.29, 0.717) is 6.54 Å². The highest BCUT2D eigenvalue weighted by molar-refractivity contribution is 5.59. The van der Waals surface area contributed by atoms with Crippen molar-refractivity contribution < 1.29 is 14.1 Å². The van der Waals surface area contributed by atoms with Crippen LogP contribution in [-0.2, 0) is 6.54 Å². The van der Waals surface area contributed by atoms with Crippen molar-refractivity contribution in [2.24, 2.45) is 0 Å². The largest absolute Gasteiger partial charge is 0.490 e. The first kappa shape index (κ1) is 14.8. The fourth-order valence-electron chi connectivity index (χ4n) is 1.98. The zero-order valence-corrected chi connectivity index (χ0v) is 11.6. The molecule has 0 aliphatic carbocycles. The summed E-state index contributed by atoms with van der Waals surface area (Å²) in [7, 11) is 1.30. The molecule has 1 atom stereocenters. The van der Waals surface area contributed by atoms with Gasteiger partial charge in [-0.15, -0.1) is 0 Å². The molecule has 8 heteroatoms. The molecule has 0 amide bonds. The van der Waals surface area contributed by atoms with Gasteiger partial charge in [-0.05, 0) is 6.92 Å². The van der Waals surface area contributed by atoms with Gasteiger partial charge in [0, 0.05) is 31.0 Å². The minimum atomic E-state index is -0.694. The van der Waals surface area contributed by atoms with Gasteiger partial charge in [0.1, 0.15) is 0 Å². The van der Waals surface area contributed by atoms with Crippen LogP contribution in [0.3, 0.4) is 0 Å². The van der Waals surface area contributed by atoms with Gasteiger partial charge in [0.2, 0.25) is 0 Å². The van der Waals surface area contributed by atoms with E-state index in [1.807, 2.05) is 11.5 Å². The minimum absolute atomic E-state index is 0.0127. The van der Waals surface area contributed by atoms with Crippen LogP contribution in [0.25, 0.3) is 0 Å². The van der Waals surface area contributed by atoms with Gasteiger partial charge in [-0.3, -0.25) is 10.1 Å². The van der Waals surface area contributed by atoms with Gasteiger partial charge in [-0.1, -0.05) is 0 Å². The first-order chi connectivity index (χ1) is 10.0. The minimum Gasteiger partial charge on any atom is -0.490 e. The van der Waals surface area contributed by atoms with Crippen molar-refractivity contribution in [3.8, 4) is 5.75 Å². The number of methoxy groups -OCH3 is 1. The topological polar surface area (TPSA) is 82.2 Å². The number of rotatable bonds is 6. The van der Waals surface area contributed by atoms with E-state index in [1.54, 1.807) is 18.7 Å². The quantitative estimate of drug-likeness (QED) is 0.653. The van der Waals surface area contributed by atoms with E-state index >= 15 is 0 Å². The molecule has 1 unspecified atom stereocenters. The van der Waals surface area contributed by atoms with Gasteiger partial charge >= 0.3 is 5.69 Å². The normalized spacial score (nSPS) is 12.0. The Labute approximate surface area is 120 Å². The van der Waals surface area contributed by atoms with Crippen LogP contribution in [0.5, 0.6) is 5.75 Å². The summed E-state index contributed by atoms with van der Waals surface area (Å²) in [6, 6.07) is 2.04. The molecule has 21 heavy (non-hydrogen) atoms. The molecule has 0 radical (unpaired) electrons. The van der Waals surface area contributed by atoms with Crippen LogP contribution >= 0.6 is 0 Å². The molecule has 0 saturated carbocycles. The summed E-state index contributed by atoms with van der Waals surface area (Å²) in [5.41, 5.74) is -0.243. The van der Waals surface area contributed by atoms with Gasteiger partial charge in [0.25, 0.3) is 0 Å². The molecule has 1 N–H and O–H groups in total. The highest BCUT2D eigenvalue weighted by Crippen LogP contribution is 2.32. The number of anilines is 1. The highest BCUT2D eigenvalue weighted by Gasteiger charge is 2.20. The Balaban J connectivity index is 2.17. The molecule has 0 fully saturated rings. The number of nitrogens with zero attached hydrogens (tertiary/aromatic N) is 3. The maximum absolute atomic E-state index is 13.9. The third kappa shape index (κ3) is 3.47. The zero-order chi connectivity index (χ0) is 15.4. The number of imidazole rings is 1. The van der Waals surface area contributed by atoms with E-state index in [2.05, 4.69) is 10.3 Å². The third-order valence-corrected chi connectivity index (χ3v) is 2.91. The first-order valence-electron chi connectivity index (χ1n) is 6.25. The summed E-state index contributed by atoms with van der Waals surface area (Å²) in [5.74, 6) is -0.682. The number of nitro benzene ring substituents is 1. The summed E-state index contributed by atoms with van der Waals surface area (Å²) in [5, 5.41) is 13.8. The molecule has 2 rings (SSSR count). The number of nitrogens with one attached hydrogen (secondary N) is 1. The molecule has 2 aromatic rings. The summed E-state index contributed by atoms with van der Waals surface area (Å²) in [6.45, 7) is 2.45. The smallest absolute Gasteiger partial charge is 0.313 e. The predicted molar refractivity (Wildman–Crippen MR) is 74.9 cm³/mol. The second-order valence-electron chi connectivity index (χ2n) is 4.57. The van der Waals surface area contributed by atoms with E-state index in [4.69, 9.17) is 4.74 Å². The molecule has 0 aliphatic heterocycles. The van der Waals surface area contributed by atoms with Crippen LogP contribution in [0.15, 0.2) is 30.9 Å². The van der Waals surface area contributed by atoms with Crippen molar-refractivity contribution in [2.75, 3.05) is 12.4 Å². The van der Waals surface area contributed by atoms with Crippen LogP contribution in [0.2, 0.25) is 0 Å². The molecular weight excluding hydrogens is 279 g/mol. The highest BCUT2D eigenvalue weighted by atomic mass is 19.1. The SMILES string of the molecule is COc1cc(NC(C)Cn2ccnc2)c(F)cc1[N+](=O)[O-]. The second-order valence-corrected chi connectivity index (χ2v) is 4.57. The second kappa shape index (κ2) is 6.21. The molecule has 0 bridgehead atoms. The molecule has 0 spiro atoms. The number of hydrogen-bond donors (Lipinski definition) is 1. The first-order valence-corrected chi connectivity index (χ1v) is 6.25. The molecule has 1 heterocycles. The summed E-state index contributed by atoms with van der Waals surface area (Å²) < 4.78 is 20.7. The van der Waals surface area contributed by atoms with Crippen molar-refractivity contribution in [2.45, 2.75) is 19.5 Å². The number of nitro groups is 1. The summed E-state index contributed by atoms with van der Waals surface area (Å²) >= 11 is 0. The lowest BCUT2D eigenvalue weighted by Crippen LogP contribution is -2.22. The van der Waals surface area contributed by atoms with Crippen molar-refractivity contribution in [1.82, 2.24) is 9.55 Å². The fourth-order valence-corrected chi connectivity index (χ4v) is 1.98. The predicted octanol–water partition coefficient (Wildman–Crippen LogP) is 2.44. The van der Waals surface area contributed by atoms with Gasteiger partial charge in [0.05, 0.1) is 30.1 Å². The van der Waals surface area contributed by atoms with Crippen LogP contribution in [0, 0.1) is 15.9 Å². The lowest BCUT2D eigenvalue weighted by atomic mass is 10.2. The van der Waals surface area contributed by atoms with E-state index in [0.717, 1.165) is 6.07 Å². The lowest BCUT2D eigenvalue weighted by molar-refractivity contribution is -0.385. The molecule has 0 aliphatic rings. The Morgan fingerprint density at radius 1 is 1.57 bits per heavy atom. The fraction of sp³-hybridized carbons (Fsp3) is 0.308. The Hall–Kier alpha value is -2.64. The Bertz CT molecular complexity index is 631. The number of ether oxygens (including phenoxy) is 1. The number of hydrogen-bond acceptors (Lipinski definition) is 5. The zero-order valence-electron chi connectivity index (χ0n) is 11.6. The summed E-state index contributed by atoms with van der Waals surface area (Å²) in [6.07, 6.45) is 5.11. The van der Waals surface area contributed by atoms with Gasteiger partial charge in [-0.2, -0.15) is 0 Å². The van der Waals surface area contributed by atoms with Crippen molar-refractivity contribution >= 4 is 11.4 Å². The Morgan fingerprint density at radius 2 is 2.33 bits per heavy atom. The molecule has 1 aromatic heterocycles. The van der Waals surface area contributed by atoms with E-state index < -0.39 is 16.4 Å². The Morgan fingerprint density at radius 3 is 2.90 bits per heavy atom. The standard InChI is InChI=1S/C13H15FN4O3/c1-9(7-17-4-3-15-8-17)16-11-6-13(21-2)12(18(19)20)5-10(11)14/h3-6,8-9,16H,7H2,1-2H3. The molecule has 0 saturated heterocycles. The van der Waals surface area contributed by atoms with Gasteiger partial charge in [0.15, 0.2) is 11.6 Å². The molecule has 1 aromatic carbocycles. The van der Waals surface area contributed by atoms with E-state index in [1.165, 1.54) is 13.2 Å². The summed E-state index contributed by atoms with van der Waals surface area (Å²) in [4.78, 5) is 14.1. The third-order valence-electron chi connectivity index (χ3n) is 2.91. The maximum atomic E-state index is 13.9. The van der Waals surface area contributed by atoms with Crippen molar-refractivity contribution in [1.29, 1.82) is 0 Å². The van der Waals surface area contributed by atoms with Crippen molar-refractivity contribution in [3.63, 3.8) is 0 Å². The van der Waals surface area contributed by atoms with Crippen molar-refractivity contribution in [3.05, 3.63) is 46.8 Å². The van der Waals surface area contributed by atoms with Crippen LogP contribution < -0.4 is 10.1 Å². The number of halogens is 1. The van der Waals surface area contributed by atoms with Crippen LogP contribution in [-0.4, -0.2) is 27.6 Å². The Kier molecular flexibility index (Phi) is 4.36. The van der Waals surface area contributed by atoms with Gasteiger partial charge < -0.3 is 14.6 Å². The monoisotopic (exact) mass is 294 g/mol. The molecule has 7 nitrogen and oxygen atoms in total. The lowest BCUT2D eigenvalue weighted by Gasteiger charge is -2.17.